The second-order valence-corrected chi connectivity index (χ2v) is 4.97. The van der Waals surface area contributed by atoms with Crippen molar-refractivity contribution in [2.24, 2.45) is 0 Å². The van der Waals surface area contributed by atoms with Crippen LogP contribution >= 0.6 is 0 Å². The lowest BCUT2D eigenvalue weighted by Crippen LogP contribution is -2.40. The van der Waals surface area contributed by atoms with Gasteiger partial charge in [-0.15, -0.1) is 0 Å². The topological polar surface area (TPSA) is 54.5 Å². The van der Waals surface area contributed by atoms with Crippen LogP contribution < -0.4 is 5.32 Å². The Morgan fingerprint density at radius 1 is 1.40 bits per heavy atom. The van der Waals surface area contributed by atoms with Crippen molar-refractivity contribution >= 4 is 11.7 Å². The Morgan fingerprint density at radius 3 is 2.95 bits per heavy atom. The number of nitrogens with zero attached hydrogens (tertiary/aromatic N) is 2. The standard InChI is InChI=1S/C15H23N3O2/c1-2-3-4-6-16-14-12-13(5-7-17-14)15(19)18-8-10-20-11-9-18/h5,7,12H,2-4,6,8-11H2,1H3,(H,16,17). The van der Waals surface area contributed by atoms with E-state index < -0.39 is 0 Å². The lowest BCUT2D eigenvalue weighted by molar-refractivity contribution is 0.0303. The van der Waals surface area contributed by atoms with Crippen LogP contribution in [0.5, 0.6) is 0 Å². The molecule has 0 atom stereocenters. The van der Waals surface area contributed by atoms with Gasteiger partial charge in [-0.05, 0) is 18.6 Å². The van der Waals surface area contributed by atoms with Gasteiger partial charge in [0.25, 0.3) is 5.91 Å². The zero-order valence-electron chi connectivity index (χ0n) is 12.1. The quantitative estimate of drug-likeness (QED) is 0.810. The SMILES string of the molecule is CCCCCNc1cc(C(=O)N2CCOCC2)ccn1. The maximum absolute atomic E-state index is 12.3. The molecule has 2 rings (SSSR count). The van der Waals surface area contributed by atoms with Crippen molar-refractivity contribution in [3.05, 3.63) is 23.9 Å². The van der Waals surface area contributed by atoms with Gasteiger partial charge in [0.1, 0.15) is 5.82 Å². The molecule has 0 unspecified atom stereocenters. The van der Waals surface area contributed by atoms with Crippen LogP contribution in [0.2, 0.25) is 0 Å². The van der Waals surface area contributed by atoms with Gasteiger partial charge < -0.3 is 15.0 Å². The second kappa shape index (κ2) is 7.85. The zero-order valence-corrected chi connectivity index (χ0v) is 12.1. The van der Waals surface area contributed by atoms with Gasteiger partial charge in [0.2, 0.25) is 0 Å². The highest BCUT2D eigenvalue weighted by Gasteiger charge is 2.18. The van der Waals surface area contributed by atoms with Crippen molar-refractivity contribution in [1.82, 2.24) is 9.88 Å². The minimum Gasteiger partial charge on any atom is -0.378 e. The van der Waals surface area contributed by atoms with Crippen molar-refractivity contribution < 1.29 is 9.53 Å². The van der Waals surface area contributed by atoms with Gasteiger partial charge in [-0.3, -0.25) is 4.79 Å². The van der Waals surface area contributed by atoms with Crippen LogP contribution in [0.3, 0.4) is 0 Å². The van der Waals surface area contributed by atoms with Crippen molar-refractivity contribution in [3.8, 4) is 0 Å². The molecule has 1 fully saturated rings. The monoisotopic (exact) mass is 277 g/mol. The van der Waals surface area contributed by atoms with Crippen molar-refractivity contribution in [3.63, 3.8) is 0 Å². The minimum atomic E-state index is 0.0623. The first-order chi connectivity index (χ1) is 9.81. The molecular weight excluding hydrogens is 254 g/mol. The Hall–Kier alpha value is -1.62. The number of nitrogens with one attached hydrogen (secondary N) is 1. The number of rotatable bonds is 6. The van der Waals surface area contributed by atoms with E-state index >= 15 is 0 Å². The highest BCUT2D eigenvalue weighted by Crippen LogP contribution is 2.11. The predicted octanol–water partition coefficient (Wildman–Crippen LogP) is 2.16. The van der Waals surface area contributed by atoms with Gasteiger partial charge in [0, 0.05) is 31.4 Å². The average Bonchev–Trinajstić information content (AvgIpc) is 2.52. The number of hydrogen-bond acceptors (Lipinski definition) is 4. The number of carbonyl (C=O) groups is 1. The third-order valence-electron chi connectivity index (χ3n) is 3.39. The number of hydrogen-bond donors (Lipinski definition) is 1. The molecule has 5 heteroatoms. The minimum absolute atomic E-state index is 0.0623. The molecule has 1 N–H and O–H groups in total. The van der Waals surface area contributed by atoms with E-state index in [0.717, 1.165) is 18.8 Å². The van der Waals surface area contributed by atoms with Gasteiger partial charge in [-0.2, -0.15) is 0 Å². The molecule has 1 saturated heterocycles. The molecule has 1 amide bonds. The molecular formula is C15H23N3O2. The van der Waals surface area contributed by atoms with Crippen molar-refractivity contribution in [1.29, 1.82) is 0 Å². The van der Waals surface area contributed by atoms with Crippen molar-refractivity contribution in [2.45, 2.75) is 26.2 Å². The summed E-state index contributed by atoms with van der Waals surface area (Å²) in [5, 5.41) is 3.27. The average molecular weight is 277 g/mol. The number of ether oxygens (including phenoxy) is 1. The van der Waals surface area contributed by atoms with E-state index in [-0.39, 0.29) is 5.91 Å². The molecule has 1 aliphatic heterocycles. The molecule has 1 aromatic rings. The van der Waals surface area contributed by atoms with Crippen molar-refractivity contribution in [2.75, 3.05) is 38.2 Å². The Labute approximate surface area is 120 Å². The molecule has 0 radical (unpaired) electrons. The summed E-state index contributed by atoms with van der Waals surface area (Å²) in [6, 6.07) is 3.61. The van der Waals surface area contributed by atoms with Gasteiger partial charge in [0.05, 0.1) is 13.2 Å². The maximum atomic E-state index is 12.3. The Kier molecular flexibility index (Phi) is 5.80. The van der Waals surface area contributed by atoms with Crippen LogP contribution in [0.15, 0.2) is 18.3 Å². The van der Waals surface area contributed by atoms with Crippen LogP contribution in [0.4, 0.5) is 5.82 Å². The first-order valence-corrected chi connectivity index (χ1v) is 7.38. The Balaban J connectivity index is 1.92. The number of unbranched alkanes of at least 4 members (excludes halogenated alkanes) is 2. The molecule has 5 nitrogen and oxygen atoms in total. The summed E-state index contributed by atoms with van der Waals surface area (Å²) in [5.41, 5.74) is 0.694. The first-order valence-electron chi connectivity index (χ1n) is 7.38. The summed E-state index contributed by atoms with van der Waals surface area (Å²) in [4.78, 5) is 18.4. The lowest BCUT2D eigenvalue weighted by atomic mass is 10.2. The summed E-state index contributed by atoms with van der Waals surface area (Å²) in [6.45, 7) is 5.66. The maximum Gasteiger partial charge on any atom is 0.254 e. The molecule has 0 saturated carbocycles. The van der Waals surface area contributed by atoms with Crippen LogP contribution in [-0.4, -0.2) is 48.6 Å². The normalized spacial score (nSPS) is 15.2. The van der Waals surface area contributed by atoms with E-state index in [9.17, 15) is 4.79 Å². The van der Waals surface area contributed by atoms with E-state index in [1.807, 2.05) is 11.0 Å². The summed E-state index contributed by atoms with van der Waals surface area (Å²) in [5.74, 6) is 0.840. The van der Waals surface area contributed by atoms with Gasteiger partial charge in [-0.25, -0.2) is 4.98 Å². The third kappa shape index (κ3) is 4.20. The fourth-order valence-electron chi connectivity index (χ4n) is 2.20. The summed E-state index contributed by atoms with van der Waals surface area (Å²) in [6.07, 6.45) is 5.22. The molecule has 1 aliphatic rings. The van der Waals surface area contributed by atoms with E-state index in [1.165, 1.54) is 12.8 Å². The number of aromatic nitrogens is 1. The van der Waals surface area contributed by atoms with Gasteiger partial charge >= 0.3 is 0 Å². The number of pyridine rings is 1. The smallest absolute Gasteiger partial charge is 0.254 e. The van der Waals surface area contributed by atoms with Crippen LogP contribution in [-0.2, 0) is 4.74 Å². The second-order valence-electron chi connectivity index (χ2n) is 4.97. The van der Waals surface area contributed by atoms with E-state index in [1.54, 1.807) is 12.3 Å². The summed E-state index contributed by atoms with van der Waals surface area (Å²) in [7, 11) is 0. The number of anilines is 1. The van der Waals surface area contributed by atoms with E-state index in [0.29, 0.717) is 31.9 Å². The predicted molar refractivity (Wildman–Crippen MR) is 79.0 cm³/mol. The summed E-state index contributed by atoms with van der Waals surface area (Å²) >= 11 is 0. The van der Waals surface area contributed by atoms with Gasteiger partial charge in [0.15, 0.2) is 0 Å². The molecule has 20 heavy (non-hydrogen) atoms. The molecule has 0 aromatic carbocycles. The Bertz CT molecular complexity index is 431. The van der Waals surface area contributed by atoms with Gasteiger partial charge in [-0.1, -0.05) is 19.8 Å². The highest BCUT2D eigenvalue weighted by molar-refractivity contribution is 5.94. The largest absolute Gasteiger partial charge is 0.378 e. The fourth-order valence-corrected chi connectivity index (χ4v) is 2.20. The van der Waals surface area contributed by atoms with Crippen LogP contribution in [0, 0.1) is 0 Å². The lowest BCUT2D eigenvalue weighted by Gasteiger charge is -2.26. The summed E-state index contributed by atoms with van der Waals surface area (Å²) < 4.78 is 5.27. The zero-order chi connectivity index (χ0) is 14.2. The molecule has 0 bridgehead atoms. The number of morpholine rings is 1. The fraction of sp³-hybridized carbons (Fsp3) is 0.600. The molecule has 1 aromatic heterocycles. The number of amides is 1. The molecule has 0 spiro atoms. The third-order valence-corrected chi connectivity index (χ3v) is 3.39. The van der Waals surface area contributed by atoms with Crippen LogP contribution in [0.25, 0.3) is 0 Å². The highest BCUT2D eigenvalue weighted by atomic mass is 16.5. The van der Waals surface area contributed by atoms with E-state index in [4.69, 9.17) is 4.74 Å². The molecule has 2 heterocycles. The first kappa shape index (κ1) is 14.8. The molecule has 0 aliphatic carbocycles. The number of carbonyl (C=O) groups excluding carboxylic acids is 1. The van der Waals surface area contributed by atoms with E-state index in [2.05, 4.69) is 17.2 Å². The molecule has 110 valence electrons. The Morgan fingerprint density at radius 2 is 2.20 bits per heavy atom. The van der Waals surface area contributed by atoms with Crippen LogP contribution in [0.1, 0.15) is 36.5 Å².